The summed E-state index contributed by atoms with van der Waals surface area (Å²) in [6, 6.07) is 0.833. The standard InChI is InChI=1S/C15H22F3N5O/c1-14(2,3)21-13(20-12(24)9-6-4-5-7-9)19-11-8-10(22-23-11)15(16,17)18/h8-9H,4-7H2,1-3H3,(H3,19,20,21,22,23,24). The Morgan fingerprint density at radius 3 is 2.42 bits per heavy atom. The molecule has 1 aliphatic rings. The highest BCUT2D eigenvalue weighted by atomic mass is 19.4. The molecule has 0 atom stereocenters. The topological polar surface area (TPSA) is 82.2 Å². The van der Waals surface area contributed by atoms with Crippen molar-refractivity contribution in [1.82, 2.24) is 15.5 Å². The number of carbonyl (C=O) groups excluding carboxylic acids is 1. The van der Waals surface area contributed by atoms with Gasteiger partial charge in [-0.05, 0) is 33.6 Å². The molecular formula is C15H22F3N5O. The van der Waals surface area contributed by atoms with Gasteiger partial charge in [0, 0.05) is 12.0 Å². The number of nitrogens with one attached hydrogen (secondary N) is 3. The molecule has 1 fully saturated rings. The third kappa shape index (κ3) is 5.24. The van der Waals surface area contributed by atoms with E-state index in [0.29, 0.717) is 0 Å². The van der Waals surface area contributed by atoms with Crippen molar-refractivity contribution in [2.24, 2.45) is 10.9 Å². The van der Waals surface area contributed by atoms with Gasteiger partial charge in [0.05, 0.1) is 5.54 Å². The molecule has 0 unspecified atom stereocenters. The fraction of sp³-hybridized carbons (Fsp3) is 0.667. The molecule has 0 aromatic carbocycles. The van der Waals surface area contributed by atoms with E-state index < -0.39 is 17.4 Å². The van der Waals surface area contributed by atoms with Gasteiger partial charge in [-0.1, -0.05) is 12.8 Å². The van der Waals surface area contributed by atoms with Gasteiger partial charge in [-0.2, -0.15) is 18.3 Å². The van der Waals surface area contributed by atoms with Crippen LogP contribution in [0.1, 0.15) is 52.1 Å². The molecule has 1 aromatic heterocycles. The van der Waals surface area contributed by atoms with Crippen LogP contribution in [0.4, 0.5) is 19.0 Å². The molecule has 1 saturated carbocycles. The number of H-pyrrole nitrogens is 1. The van der Waals surface area contributed by atoms with Crippen molar-refractivity contribution < 1.29 is 18.0 Å². The summed E-state index contributed by atoms with van der Waals surface area (Å²) < 4.78 is 37.9. The highest BCUT2D eigenvalue weighted by molar-refractivity contribution is 6.04. The van der Waals surface area contributed by atoms with E-state index >= 15 is 0 Å². The molecule has 1 aromatic rings. The van der Waals surface area contributed by atoms with E-state index in [1.807, 2.05) is 25.9 Å². The smallest absolute Gasteiger partial charge is 0.309 e. The lowest BCUT2D eigenvalue weighted by molar-refractivity contribution is -0.141. The van der Waals surface area contributed by atoms with Crippen LogP contribution in [-0.2, 0) is 11.0 Å². The number of rotatable bonds is 2. The number of aliphatic imine (C=N–C) groups is 1. The maximum atomic E-state index is 12.6. The molecule has 1 heterocycles. The second kappa shape index (κ2) is 6.82. The second-order valence-electron chi connectivity index (χ2n) is 6.89. The Balaban J connectivity index is 2.13. The molecule has 0 spiro atoms. The normalized spacial score (nSPS) is 17.2. The molecule has 1 aliphatic carbocycles. The fourth-order valence-corrected chi connectivity index (χ4v) is 2.48. The number of aromatic nitrogens is 2. The van der Waals surface area contributed by atoms with Crippen LogP contribution >= 0.6 is 0 Å². The lowest BCUT2D eigenvalue weighted by Gasteiger charge is -2.18. The van der Waals surface area contributed by atoms with Crippen molar-refractivity contribution >= 4 is 17.7 Å². The number of halogens is 3. The van der Waals surface area contributed by atoms with Gasteiger partial charge in [-0.25, -0.2) is 4.99 Å². The predicted octanol–water partition coefficient (Wildman–Crippen LogP) is 3.30. The SMILES string of the molecule is CC(C)(C)N=C(NC(=O)C1CCCC1)Nc1cc(C(F)(F)F)[nH]n1. The molecule has 0 saturated heterocycles. The van der Waals surface area contributed by atoms with Gasteiger partial charge in [0.1, 0.15) is 5.69 Å². The van der Waals surface area contributed by atoms with Crippen molar-refractivity contribution in [3.63, 3.8) is 0 Å². The summed E-state index contributed by atoms with van der Waals surface area (Å²) in [6.45, 7) is 5.46. The summed E-state index contributed by atoms with van der Waals surface area (Å²) in [7, 11) is 0. The first-order chi connectivity index (χ1) is 11.0. The number of aromatic amines is 1. The minimum atomic E-state index is -4.51. The molecule has 6 nitrogen and oxygen atoms in total. The average molecular weight is 345 g/mol. The molecule has 134 valence electrons. The summed E-state index contributed by atoms with van der Waals surface area (Å²) in [5, 5.41) is 10.8. The quantitative estimate of drug-likeness (QED) is 0.568. The van der Waals surface area contributed by atoms with E-state index in [9.17, 15) is 18.0 Å². The van der Waals surface area contributed by atoms with Crippen molar-refractivity contribution in [2.45, 2.75) is 58.2 Å². The zero-order valence-corrected chi connectivity index (χ0v) is 13.9. The number of hydrogen-bond acceptors (Lipinski definition) is 3. The first-order valence-electron chi connectivity index (χ1n) is 7.85. The maximum absolute atomic E-state index is 12.6. The zero-order chi connectivity index (χ0) is 18.0. The van der Waals surface area contributed by atoms with Crippen LogP contribution < -0.4 is 10.6 Å². The Morgan fingerprint density at radius 2 is 1.92 bits per heavy atom. The van der Waals surface area contributed by atoms with Crippen LogP contribution in [0, 0.1) is 5.92 Å². The average Bonchev–Trinajstić information content (AvgIpc) is 3.06. The second-order valence-corrected chi connectivity index (χ2v) is 6.89. The van der Waals surface area contributed by atoms with Crippen LogP contribution in [0.3, 0.4) is 0 Å². The van der Waals surface area contributed by atoms with Crippen molar-refractivity contribution in [3.05, 3.63) is 11.8 Å². The molecule has 24 heavy (non-hydrogen) atoms. The number of guanidine groups is 1. The van der Waals surface area contributed by atoms with Crippen LogP contribution in [0.25, 0.3) is 0 Å². The Hall–Kier alpha value is -2.06. The third-order valence-electron chi connectivity index (χ3n) is 3.54. The van der Waals surface area contributed by atoms with Gasteiger partial charge in [0.15, 0.2) is 5.82 Å². The molecule has 3 N–H and O–H groups in total. The molecule has 0 bridgehead atoms. The summed E-state index contributed by atoms with van der Waals surface area (Å²) in [5.41, 5.74) is -1.49. The summed E-state index contributed by atoms with van der Waals surface area (Å²) in [6.07, 6.45) is -0.872. The molecule has 1 amide bonds. The maximum Gasteiger partial charge on any atom is 0.432 e. The minimum absolute atomic E-state index is 0.0583. The first kappa shape index (κ1) is 18.3. The lowest BCUT2D eigenvalue weighted by Crippen LogP contribution is -2.40. The van der Waals surface area contributed by atoms with E-state index in [1.54, 1.807) is 0 Å². The number of hydrogen-bond donors (Lipinski definition) is 3. The zero-order valence-electron chi connectivity index (χ0n) is 13.9. The van der Waals surface area contributed by atoms with Crippen LogP contribution in [-0.4, -0.2) is 27.6 Å². The largest absolute Gasteiger partial charge is 0.432 e. The molecule has 0 aliphatic heterocycles. The number of carbonyl (C=O) groups is 1. The monoisotopic (exact) mass is 345 g/mol. The highest BCUT2D eigenvalue weighted by Crippen LogP contribution is 2.29. The Morgan fingerprint density at radius 1 is 1.29 bits per heavy atom. The Kier molecular flexibility index (Phi) is 5.19. The van der Waals surface area contributed by atoms with Gasteiger partial charge >= 0.3 is 6.18 Å². The number of alkyl halides is 3. The lowest BCUT2D eigenvalue weighted by atomic mass is 10.1. The first-order valence-corrected chi connectivity index (χ1v) is 7.85. The molecule has 0 radical (unpaired) electrons. The van der Waals surface area contributed by atoms with Crippen LogP contribution in [0.5, 0.6) is 0 Å². The summed E-state index contributed by atoms with van der Waals surface area (Å²) in [5.74, 6) is -0.215. The predicted molar refractivity (Wildman–Crippen MR) is 84.5 cm³/mol. The van der Waals surface area contributed by atoms with Gasteiger partial charge < -0.3 is 5.32 Å². The van der Waals surface area contributed by atoms with E-state index in [4.69, 9.17) is 0 Å². The van der Waals surface area contributed by atoms with E-state index in [2.05, 4.69) is 20.7 Å². The molecule has 2 rings (SSSR count). The van der Waals surface area contributed by atoms with Gasteiger partial charge in [0.2, 0.25) is 11.9 Å². The van der Waals surface area contributed by atoms with Crippen LogP contribution in [0.15, 0.2) is 11.1 Å². The molecule has 9 heteroatoms. The summed E-state index contributed by atoms with van der Waals surface area (Å²) in [4.78, 5) is 16.6. The third-order valence-corrected chi connectivity index (χ3v) is 3.54. The number of nitrogens with zero attached hydrogens (tertiary/aromatic N) is 2. The van der Waals surface area contributed by atoms with Gasteiger partial charge in [0.25, 0.3) is 0 Å². The summed E-state index contributed by atoms with van der Waals surface area (Å²) >= 11 is 0. The van der Waals surface area contributed by atoms with E-state index in [0.717, 1.165) is 31.7 Å². The highest BCUT2D eigenvalue weighted by Gasteiger charge is 2.33. The van der Waals surface area contributed by atoms with Crippen molar-refractivity contribution in [3.8, 4) is 0 Å². The van der Waals surface area contributed by atoms with Crippen molar-refractivity contribution in [1.29, 1.82) is 0 Å². The Bertz CT molecular complexity index is 609. The van der Waals surface area contributed by atoms with Gasteiger partial charge in [-0.3, -0.25) is 15.2 Å². The fourth-order valence-electron chi connectivity index (χ4n) is 2.48. The van der Waals surface area contributed by atoms with E-state index in [-0.39, 0.29) is 23.6 Å². The molecular weight excluding hydrogens is 323 g/mol. The van der Waals surface area contributed by atoms with E-state index in [1.165, 1.54) is 0 Å². The number of amides is 1. The Labute approximate surface area is 138 Å². The van der Waals surface area contributed by atoms with Crippen molar-refractivity contribution in [2.75, 3.05) is 5.32 Å². The number of anilines is 1. The minimum Gasteiger partial charge on any atom is -0.309 e. The van der Waals surface area contributed by atoms with Gasteiger partial charge in [-0.15, -0.1) is 0 Å². The van der Waals surface area contributed by atoms with Crippen LogP contribution in [0.2, 0.25) is 0 Å².